The fourth-order valence-corrected chi connectivity index (χ4v) is 1.34. The van der Waals surface area contributed by atoms with Crippen molar-refractivity contribution in [3.05, 3.63) is 23.8 Å². The first-order valence-electron chi connectivity index (χ1n) is 5.14. The molecule has 0 heterocycles. The zero-order chi connectivity index (χ0) is 10.6. The van der Waals surface area contributed by atoms with E-state index in [-0.39, 0.29) is 5.75 Å². The van der Waals surface area contributed by atoms with E-state index in [2.05, 4.69) is 13.8 Å². The molecule has 0 spiro atoms. The van der Waals surface area contributed by atoms with Crippen LogP contribution >= 0.6 is 0 Å². The van der Waals surface area contributed by atoms with E-state index in [1.807, 2.05) is 19.1 Å². The van der Waals surface area contributed by atoms with Gasteiger partial charge in [0, 0.05) is 0 Å². The summed E-state index contributed by atoms with van der Waals surface area (Å²) in [6.45, 7) is 6.81. The third-order valence-corrected chi connectivity index (χ3v) is 2.47. The van der Waals surface area contributed by atoms with Crippen molar-refractivity contribution in [3.63, 3.8) is 0 Å². The SMILES string of the molecule is CCOc1cc(C(C)CC)ccc1O. The Kier molecular flexibility index (Phi) is 3.81. The van der Waals surface area contributed by atoms with Crippen LogP contribution < -0.4 is 4.74 Å². The van der Waals surface area contributed by atoms with E-state index in [9.17, 15) is 5.11 Å². The topological polar surface area (TPSA) is 29.5 Å². The molecule has 2 nitrogen and oxygen atoms in total. The van der Waals surface area contributed by atoms with Crippen molar-refractivity contribution < 1.29 is 9.84 Å². The van der Waals surface area contributed by atoms with Crippen LogP contribution in [-0.2, 0) is 0 Å². The van der Waals surface area contributed by atoms with Gasteiger partial charge >= 0.3 is 0 Å². The van der Waals surface area contributed by atoms with Crippen LogP contribution in [0.15, 0.2) is 18.2 Å². The van der Waals surface area contributed by atoms with Gasteiger partial charge in [-0.1, -0.05) is 19.9 Å². The molecule has 0 aliphatic heterocycles. The molecule has 1 unspecified atom stereocenters. The molecule has 2 heteroatoms. The summed E-state index contributed by atoms with van der Waals surface area (Å²) in [5.74, 6) is 1.32. The molecule has 0 bridgehead atoms. The maximum atomic E-state index is 9.50. The number of rotatable bonds is 4. The third-order valence-electron chi connectivity index (χ3n) is 2.47. The first-order valence-corrected chi connectivity index (χ1v) is 5.14. The van der Waals surface area contributed by atoms with Gasteiger partial charge < -0.3 is 9.84 Å². The van der Waals surface area contributed by atoms with Gasteiger partial charge in [0.25, 0.3) is 0 Å². The fraction of sp³-hybridized carbons (Fsp3) is 0.500. The summed E-state index contributed by atoms with van der Waals surface area (Å²) in [4.78, 5) is 0. The Morgan fingerprint density at radius 2 is 2.07 bits per heavy atom. The van der Waals surface area contributed by atoms with E-state index in [1.54, 1.807) is 6.07 Å². The van der Waals surface area contributed by atoms with Crippen LogP contribution in [-0.4, -0.2) is 11.7 Å². The molecule has 0 aliphatic rings. The molecule has 0 aromatic heterocycles. The molecule has 1 N–H and O–H groups in total. The number of ether oxygens (including phenoxy) is 1. The van der Waals surface area contributed by atoms with Crippen LogP contribution in [0.25, 0.3) is 0 Å². The highest BCUT2D eigenvalue weighted by atomic mass is 16.5. The Morgan fingerprint density at radius 3 is 2.64 bits per heavy atom. The molecular weight excluding hydrogens is 176 g/mol. The van der Waals surface area contributed by atoms with E-state index in [0.717, 1.165) is 6.42 Å². The van der Waals surface area contributed by atoms with Crippen LogP contribution in [0.1, 0.15) is 38.7 Å². The molecule has 0 aliphatic carbocycles. The zero-order valence-corrected chi connectivity index (χ0v) is 9.08. The number of benzene rings is 1. The lowest BCUT2D eigenvalue weighted by Crippen LogP contribution is -1.95. The van der Waals surface area contributed by atoms with Gasteiger partial charge in [0.15, 0.2) is 11.5 Å². The molecule has 0 saturated carbocycles. The molecule has 78 valence electrons. The molecule has 0 saturated heterocycles. The van der Waals surface area contributed by atoms with Gasteiger partial charge in [-0.2, -0.15) is 0 Å². The molecule has 1 rings (SSSR count). The van der Waals surface area contributed by atoms with Gasteiger partial charge in [0.1, 0.15) is 0 Å². The normalized spacial score (nSPS) is 12.5. The molecule has 0 amide bonds. The maximum absolute atomic E-state index is 9.50. The van der Waals surface area contributed by atoms with E-state index in [4.69, 9.17) is 4.74 Å². The molecule has 0 radical (unpaired) electrons. The van der Waals surface area contributed by atoms with E-state index in [0.29, 0.717) is 18.3 Å². The number of phenolic OH excluding ortho intramolecular Hbond substituents is 1. The van der Waals surface area contributed by atoms with Gasteiger partial charge in [-0.3, -0.25) is 0 Å². The lowest BCUT2D eigenvalue weighted by Gasteiger charge is -2.12. The van der Waals surface area contributed by atoms with Crippen molar-refractivity contribution in [2.45, 2.75) is 33.1 Å². The molecule has 1 aromatic rings. The minimum atomic E-state index is 0.221. The second-order valence-corrected chi connectivity index (χ2v) is 3.47. The summed E-state index contributed by atoms with van der Waals surface area (Å²) < 4.78 is 5.32. The first kappa shape index (κ1) is 10.9. The zero-order valence-electron chi connectivity index (χ0n) is 9.08. The summed E-state index contributed by atoms with van der Waals surface area (Å²) in [7, 11) is 0. The second-order valence-electron chi connectivity index (χ2n) is 3.47. The van der Waals surface area contributed by atoms with Gasteiger partial charge in [-0.15, -0.1) is 0 Å². The Bertz CT molecular complexity index is 294. The van der Waals surface area contributed by atoms with Crippen molar-refractivity contribution in [1.29, 1.82) is 0 Å². The Labute approximate surface area is 85.5 Å². The average molecular weight is 194 g/mol. The second kappa shape index (κ2) is 4.89. The highest BCUT2D eigenvalue weighted by Crippen LogP contribution is 2.30. The van der Waals surface area contributed by atoms with E-state index >= 15 is 0 Å². The molecule has 1 aromatic carbocycles. The van der Waals surface area contributed by atoms with Crippen molar-refractivity contribution in [3.8, 4) is 11.5 Å². The van der Waals surface area contributed by atoms with Crippen LogP contribution in [0, 0.1) is 0 Å². The van der Waals surface area contributed by atoms with Crippen molar-refractivity contribution in [2.75, 3.05) is 6.61 Å². The van der Waals surface area contributed by atoms with Crippen molar-refractivity contribution in [1.82, 2.24) is 0 Å². The summed E-state index contributed by atoms with van der Waals surface area (Å²) in [6.07, 6.45) is 1.09. The largest absolute Gasteiger partial charge is 0.504 e. The van der Waals surface area contributed by atoms with Crippen LogP contribution in [0.5, 0.6) is 11.5 Å². The van der Waals surface area contributed by atoms with Crippen molar-refractivity contribution >= 4 is 0 Å². The first-order chi connectivity index (χ1) is 6.69. The fourth-order valence-electron chi connectivity index (χ4n) is 1.34. The van der Waals surface area contributed by atoms with Gasteiger partial charge in [0.2, 0.25) is 0 Å². The van der Waals surface area contributed by atoms with Crippen LogP contribution in [0.2, 0.25) is 0 Å². The smallest absolute Gasteiger partial charge is 0.161 e. The summed E-state index contributed by atoms with van der Waals surface area (Å²) >= 11 is 0. The van der Waals surface area contributed by atoms with Gasteiger partial charge in [-0.05, 0) is 37.0 Å². The number of phenols is 1. The minimum Gasteiger partial charge on any atom is -0.504 e. The van der Waals surface area contributed by atoms with Crippen LogP contribution in [0.4, 0.5) is 0 Å². The molecule has 0 fully saturated rings. The predicted molar refractivity (Wildman–Crippen MR) is 58.0 cm³/mol. The van der Waals surface area contributed by atoms with Gasteiger partial charge in [0.05, 0.1) is 6.61 Å². The number of hydrogen-bond acceptors (Lipinski definition) is 2. The Balaban J connectivity index is 2.93. The summed E-state index contributed by atoms with van der Waals surface area (Å²) in [6, 6.07) is 5.57. The van der Waals surface area contributed by atoms with Crippen LogP contribution in [0.3, 0.4) is 0 Å². The lowest BCUT2D eigenvalue weighted by molar-refractivity contribution is 0.317. The predicted octanol–water partition coefficient (Wildman–Crippen LogP) is 3.30. The highest BCUT2D eigenvalue weighted by Gasteiger charge is 2.07. The minimum absolute atomic E-state index is 0.221. The van der Waals surface area contributed by atoms with E-state index < -0.39 is 0 Å². The monoisotopic (exact) mass is 194 g/mol. The lowest BCUT2D eigenvalue weighted by atomic mass is 9.98. The third kappa shape index (κ3) is 2.41. The summed E-state index contributed by atoms with van der Waals surface area (Å²) in [5, 5.41) is 9.50. The molecule has 14 heavy (non-hydrogen) atoms. The van der Waals surface area contributed by atoms with E-state index in [1.165, 1.54) is 5.56 Å². The maximum Gasteiger partial charge on any atom is 0.161 e. The molecular formula is C12H18O2. The number of aromatic hydroxyl groups is 1. The standard InChI is InChI=1S/C12H18O2/c1-4-9(3)10-6-7-11(13)12(8-10)14-5-2/h6-9,13H,4-5H2,1-3H3. The number of hydrogen-bond donors (Lipinski definition) is 1. The average Bonchev–Trinajstić information content (AvgIpc) is 2.20. The highest BCUT2D eigenvalue weighted by molar-refractivity contribution is 5.42. The summed E-state index contributed by atoms with van der Waals surface area (Å²) in [5.41, 5.74) is 1.22. The molecule has 1 atom stereocenters. The van der Waals surface area contributed by atoms with Gasteiger partial charge in [-0.25, -0.2) is 0 Å². The quantitative estimate of drug-likeness (QED) is 0.796. The Hall–Kier alpha value is -1.18. The Morgan fingerprint density at radius 1 is 1.36 bits per heavy atom. The van der Waals surface area contributed by atoms with Crippen molar-refractivity contribution in [2.24, 2.45) is 0 Å².